The molecule has 2 aromatic carbocycles. The maximum atomic E-state index is 14.8. The van der Waals surface area contributed by atoms with Crippen LogP contribution < -0.4 is 0 Å². The third kappa shape index (κ3) is 4.11. The summed E-state index contributed by atoms with van der Waals surface area (Å²) in [6.45, 7) is 2.87. The van der Waals surface area contributed by atoms with Crippen molar-refractivity contribution in [2.24, 2.45) is 11.8 Å². The van der Waals surface area contributed by atoms with E-state index in [2.05, 4.69) is 6.92 Å². The second-order valence-electron chi connectivity index (χ2n) is 8.29. The molecule has 2 aliphatic rings. The summed E-state index contributed by atoms with van der Waals surface area (Å²) in [5, 5.41) is 0.0524. The average molecular weight is 405 g/mol. The molecule has 0 amide bonds. The van der Waals surface area contributed by atoms with Crippen LogP contribution in [0.1, 0.15) is 56.9 Å². The number of rotatable bonds is 4. The van der Waals surface area contributed by atoms with Crippen LogP contribution in [0.15, 0.2) is 36.4 Å². The molecule has 0 bridgehead atoms. The van der Waals surface area contributed by atoms with Gasteiger partial charge in [-0.05, 0) is 92.5 Å². The largest absolute Gasteiger partial charge is 0.378 e. The van der Waals surface area contributed by atoms with Gasteiger partial charge in [0.1, 0.15) is 11.6 Å². The van der Waals surface area contributed by atoms with Gasteiger partial charge in [-0.3, -0.25) is 0 Å². The van der Waals surface area contributed by atoms with E-state index in [0.29, 0.717) is 23.1 Å². The van der Waals surface area contributed by atoms with Crippen LogP contribution in [0, 0.1) is 23.5 Å². The zero-order valence-electron chi connectivity index (χ0n) is 16.3. The number of ether oxygens (including phenoxy) is 1. The molecule has 28 heavy (non-hydrogen) atoms. The van der Waals surface area contributed by atoms with Crippen molar-refractivity contribution in [1.29, 1.82) is 0 Å². The molecule has 0 aromatic heterocycles. The lowest BCUT2D eigenvalue weighted by Crippen LogP contribution is -2.33. The molecule has 0 spiro atoms. The fraction of sp³-hybridized carbons (Fsp3) is 0.500. The van der Waals surface area contributed by atoms with Gasteiger partial charge in [0, 0.05) is 12.2 Å². The summed E-state index contributed by atoms with van der Waals surface area (Å²) >= 11 is 5.74. The van der Waals surface area contributed by atoms with E-state index in [1.807, 2.05) is 6.07 Å². The molecule has 4 rings (SSSR count). The molecule has 150 valence electrons. The molecule has 2 saturated carbocycles. The Labute approximate surface area is 171 Å². The molecule has 4 atom stereocenters. The van der Waals surface area contributed by atoms with Crippen LogP contribution in [0.2, 0.25) is 5.02 Å². The number of halogens is 3. The molecule has 2 fully saturated rings. The molecule has 2 aromatic rings. The minimum absolute atomic E-state index is 0.0524. The predicted octanol–water partition coefficient (Wildman–Crippen LogP) is 7.37. The zero-order valence-corrected chi connectivity index (χ0v) is 17.0. The van der Waals surface area contributed by atoms with E-state index in [0.717, 1.165) is 43.3 Å². The van der Waals surface area contributed by atoms with Gasteiger partial charge in [0.15, 0.2) is 0 Å². The predicted molar refractivity (Wildman–Crippen MR) is 110 cm³/mol. The van der Waals surface area contributed by atoms with Crippen LogP contribution in [-0.4, -0.2) is 12.7 Å². The highest BCUT2D eigenvalue weighted by Gasteiger charge is 2.36. The summed E-state index contributed by atoms with van der Waals surface area (Å²) in [7, 11) is 0. The smallest absolute Gasteiger partial charge is 0.142 e. The van der Waals surface area contributed by atoms with E-state index in [-0.39, 0.29) is 10.8 Å². The number of hydrogen-bond acceptors (Lipinski definition) is 1. The van der Waals surface area contributed by atoms with Gasteiger partial charge in [0.2, 0.25) is 0 Å². The lowest BCUT2D eigenvalue weighted by atomic mass is 9.65. The van der Waals surface area contributed by atoms with Crippen molar-refractivity contribution >= 4 is 11.6 Å². The molecule has 4 unspecified atom stereocenters. The molecule has 0 saturated heterocycles. The summed E-state index contributed by atoms with van der Waals surface area (Å²) < 4.78 is 34.4. The summed E-state index contributed by atoms with van der Waals surface area (Å²) in [5.41, 5.74) is 2.01. The van der Waals surface area contributed by atoms with Crippen molar-refractivity contribution in [3.05, 3.63) is 58.6 Å². The van der Waals surface area contributed by atoms with E-state index in [1.165, 1.54) is 31.4 Å². The Morgan fingerprint density at radius 1 is 0.929 bits per heavy atom. The topological polar surface area (TPSA) is 9.23 Å². The number of fused-ring (bicyclic) bond motifs is 1. The Bertz CT molecular complexity index is 837. The number of benzene rings is 2. The first kappa shape index (κ1) is 19.8. The summed E-state index contributed by atoms with van der Waals surface area (Å²) in [6.07, 6.45) is 7.42. The summed E-state index contributed by atoms with van der Waals surface area (Å²) in [4.78, 5) is 0. The van der Waals surface area contributed by atoms with Crippen molar-refractivity contribution in [2.45, 2.75) is 57.5 Å². The van der Waals surface area contributed by atoms with Gasteiger partial charge in [-0.2, -0.15) is 0 Å². The third-order valence-electron chi connectivity index (χ3n) is 6.66. The highest BCUT2D eigenvalue weighted by atomic mass is 35.5. The van der Waals surface area contributed by atoms with Crippen molar-refractivity contribution in [2.75, 3.05) is 6.61 Å². The third-order valence-corrected chi connectivity index (χ3v) is 6.97. The summed E-state index contributed by atoms with van der Waals surface area (Å²) in [5.74, 6) is 1.08. The van der Waals surface area contributed by atoms with Gasteiger partial charge < -0.3 is 4.74 Å². The van der Waals surface area contributed by atoms with Gasteiger partial charge >= 0.3 is 0 Å². The normalized spacial score (nSPS) is 27.4. The highest BCUT2D eigenvalue weighted by Crippen LogP contribution is 2.47. The van der Waals surface area contributed by atoms with Crippen LogP contribution >= 0.6 is 11.6 Å². The second kappa shape index (κ2) is 8.51. The first-order valence-corrected chi connectivity index (χ1v) is 10.8. The first-order valence-electron chi connectivity index (χ1n) is 10.4. The van der Waals surface area contributed by atoms with Gasteiger partial charge in [-0.25, -0.2) is 8.78 Å². The van der Waals surface area contributed by atoms with Crippen molar-refractivity contribution in [3.8, 4) is 11.1 Å². The van der Waals surface area contributed by atoms with Gasteiger partial charge in [0.25, 0.3) is 0 Å². The van der Waals surface area contributed by atoms with Crippen molar-refractivity contribution < 1.29 is 13.5 Å². The molecule has 4 heteroatoms. The molecule has 2 aliphatic carbocycles. The molecule has 0 N–H and O–H groups in total. The lowest BCUT2D eigenvalue weighted by Gasteiger charge is -2.42. The van der Waals surface area contributed by atoms with Gasteiger partial charge in [-0.1, -0.05) is 29.8 Å². The maximum Gasteiger partial charge on any atom is 0.142 e. The Balaban J connectivity index is 1.47. The average Bonchev–Trinajstić information content (AvgIpc) is 2.70. The fourth-order valence-corrected chi connectivity index (χ4v) is 5.34. The maximum absolute atomic E-state index is 14.8. The van der Waals surface area contributed by atoms with Crippen molar-refractivity contribution in [3.63, 3.8) is 0 Å². The van der Waals surface area contributed by atoms with Crippen LogP contribution in [0.4, 0.5) is 8.78 Å². The first-order chi connectivity index (χ1) is 13.5. The standard InChI is InChI=1S/C24H27ClF2O/c1-2-28-20-8-5-16-11-15(3-4-17(16)12-20)18-6-9-21(23(26)13-18)19-7-10-22(25)24(27)14-19/h6-7,9-10,13-17,20H,2-5,8,11-12H2,1H3. The minimum atomic E-state index is -0.524. The Kier molecular flexibility index (Phi) is 6.03. The molecule has 1 nitrogen and oxygen atoms in total. The monoisotopic (exact) mass is 404 g/mol. The molecule has 0 radical (unpaired) electrons. The molecular weight excluding hydrogens is 378 g/mol. The van der Waals surface area contributed by atoms with Gasteiger partial charge in [-0.15, -0.1) is 0 Å². The Hall–Kier alpha value is -1.45. The molecular formula is C24H27ClF2O. The molecule has 0 heterocycles. The molecule has 0 aliphatic heterocycles. The van der Waals surface area contributed by atoms with Crippen molar-refractivity contribution in [1.82, 2.24) is 0 Å². The van der Waals surface area contributed by atoms with Crippen LogP contribution in [0.25, 0.3) is 11.1 Å². The van der Waals surface area contributed by atoms with E-state index in [1.54, 1.807) is 18.2 Å². The van der Waals surface area contributed by atoms with Crippen LogP contribution in [0.3, 0.4) is 0 Å². The van der Waals surface area contributed by atoms with E-state index in [9.17, 15) is 8.78 Å². The van der Waals surface area contributed by atoms with Crippen LogP contribution in [0.5, 0.6) is 0 Å². The van der Waals surface area contributed by atoms with E-state index in [4.69, 9.17) is 16.3 Å². The Morgan fingerprint density at radius 2 is 1.71 bits per heavy atom. The van der Waals surface area contributed by atoms with Crippen LogP contribution in [-0.2, 0) is 4.74 Å². The summed E-state index contributed by atoms with van der Waals surface area (Å²) in [6, 6.07) is 9.87. The quantitative estimate of drug-likeness (QED) is 0.516. The highest BCUT2D eigenvalue weighted by molar-refractivity contribution is 6.30. The van der Waals surface area contributed by atoms with E-state index < -0.39 is 5.82 Å². The minimum Gasteiger partial charge on any atom is -0.378 e. The SMILES string of the molecule is CCOC1CCC2CC(c3ccc(-c4ccc(Cl)c(F)c4)c(F)c3)CCC2C1. The second-order valence-corrected chi connectivity index (χ2v) is 8.70. The fourth-order valence-electron chi connectivity index (χ4n) is 5.22. The Morgan fingerprint density at radius 3 is 2.46 bits per heavy atom. The zero-order chi connectivity index (χ0) is 19.7. The van der Waals surface area contributed by atoms with E-state index >= 15 is 0 Å². The van der Waals surface area contributed by atoms with Gasteiger partial charge in [0.05, 0.1) is 11.1 Å². The lowest BCUT2D eigenvalue weighted by molar-refractivity contribution is -0.00956. The number of hydrogen-bond donors (Lipinski definition) is 0.